The predicted molar refractivity (Wildman–Crippen MR) is 95.9 cm³/mol. The first-order valence-corrected chi connectivity index (χ1v) is 8.79. The third-order valence-electron chi connectivity index (χ3n) is 4.75. The van der Waals surface area contributed by atoms with Crippen LogP contribution in [-0.4, -0.2) is 39.6 Å². The lowest BCUT2D eigenvalue weighted by Crippen LogP contribution is -2.31. The topological polar surface area (TPSA) is 81.2 Å². The van der Waals surface area contributed by atoms with Crippen molar-refractivity contribution < 1.29 is 9.59 Å². The van der Waals surface area contributed by atoms with Crippen LogP contribution in [0.2, 0.25) is 0 Å². The number of hydrogen-bond donors (Lipinski definition) is 1. The molecule has 1 atom stereocenters. The Morgan fingerprint density at radius 2 is 1.84 bits per heavy atom. The molecule has 1 fully saturated rings. The Labute approximate surface area is 147 Å². The van der Waals surface area contributed by atoms with Gasteiger partial charge in [0.1, 0.15) is 6.04 Å². The van der Waals surface area contributed by atoms with Crippen LogP contribution in [-0.2, 0) is 4.79 Å². The molecule has 1 aromatic heterocycles. The minimum absolute atomic E-state index is 0.0849. The number of hydrogen-bond acceptors (Lipinski definition) is 3. The van der Waals surface area contributed by atoms with E-state index in [0.29, 0.717) is 5.56 Å². The summed E-state index contributed by atoms with van der Waals surface area (Å²) >= 11 is 0. The van der Waals surface area contributed by atoms with Crippen LogP contribution in [0.15, 0.2) is 36.7 Å². The average Bonchev–Trinajstić information content (AvgIpc) is 2.96. The lowest BCUT2D eigenvalue weighted by Gasteiger charge is -2.20. The van der Waals surface area contributed by atoms with Crippen LogP contribution in [0.4, 0.5) is 0 Å². The molecular weight excluding hydrogens is 316 g/mol. The molecule has 2 amide bonds. The molecule has 3 rings (SSSR count). The molecule has 0 bridgehead atoms. The van der Waals surface area contributed by atoms with Gasteiger partial charge in [-0.2, -0.15) is 5.10 Å². The van der Waals surface area contributed by atoms with Crippen molar-refractivity contribution in [2.24, 2.45) is 5.73 Å². The second-order valence-corrected chi connectivity index (χ2v) is 6.57. The molecule has 1 aromatic carbocycles. The van der Waals surface area contributed by atoms with Gasteiger partial charge in [-0.3, -0.25) is 14.3 Å². The number of nitrogens with zero attached hydrogens (tertiary/aromatic N) is 3. The summed E-state index contributed by atoms with van der Waals surface area (Å²) in [7, 11) is 0. The van der Waals surface area contributed by atoms with Crippen molar-refractivity contribution >= 4 is 11.8 Å². The SMILES string of the molecule is C[C@H](C(N)=O)n1cc(-c2cccc(C(=O)N3CCCCCC3)c2)cn1. The maximum atomic E-state index is 12.8. The summed E-state index contributed by atoms with van der Waals surface area (Å²) in [5.41, 5.74) is 7.78. The summed E-state index contributed by atoms with van der Waals surface area (Å²) in [6.07, 6.45) is 8.01. The van der Waals surface area contributed by atoms with E-state index in [9.17, 15) is 9.59 Å². The first kappa shape index (κ1) is 17.2. The molecule has 0 unspecified atom stereocenters. The van der Waals surface area contributed by atoms with Crippen LogP contribution in [0.5, 0.6) is 0 Å². The first-order chi connectivity index (χ1) is 12.1. The van der Waals surface area contributed by atoms with Crippen molar-refractivity contribution in [1.29, 1.82) is 0 Å². The largest absolute Gasteiger partial charge is 0.368 e. The average molecular weight is 340 g/mol. The normalized spacial score (nSPS) is 16.3. The molecule has 6 nitrogen and oxygen atoms in total. The van der Waals surface area contributed by atoms with Gasteiger partial charge >= 0.3 is 0 Å². The highest BCUT2D eigenvalue weighted by Crippen LogP contribution is 2.22. The van der Waals surface area contributed by atoms with Crippen LogP contribution in [0, 0.1) is 0 Å². The zero-order valence-electron chi connectivity index (χ0n) is 14.5. The maximum absolute atomic E-state index is 12.8. The van der Waals surface area contributed by atoms with Gasteiger partial charge in [0.15, 0.2) is 0 Å². The lowest BCUT2D eigenvalue weighted by atomic mass is 10.1. The van der Waals surface area contributed by atoms with Crippen LogP contribution in [0.1, 0.15) is 49.0 Å². The Bertz CT molecular complexity index is 760. The van der Waals surface area contributed by atoms with Gasteiger partial charge in [0, 0.05) is 30.4 Å². The Balaban J connectivity index is 1.81. The van der Waals surface area contributed by atoms with Crippen molar-refractivity contribution in [2.45, 2.75) is 38.6 Å². The molecule has 0 spiro atoms. The number of aromatic nitrogens is 2. The fraction of sp³-hybridized carbons (Fsp3) is 0.421. The zero-order chi connectivity index (χ0) is 17.8. The van der Waals surface area contributed by atoms with E-state index in [0.717, 1.165) is 37.1 Å². The third kappa shape index (κ3) is 3.90. The smallest absolute Gasteiger partial charge is 0.253 e. The molecule has 132 valence electrons. The van der Waals surface area contributed by atoms with Gasteiger partial charge in [0.2, 0.25) is 5.91 Å². The Morgan fingerprint density at radius 3 is 2.52 bits per heavy atom. The van der Waals surface area contributed by atoms with E-state index in [-0.39, 0.29) is 5.91 Å². The number of carbonyl (C=O) groups excluding carboxylic acids is 2. The molecule has 25 heavy (non-hydrogen) atoms. The number of likely N-dealkylation sites (tertiary alicyclic amines) is 1. The minimum Gasteiger partial charge on any atom is -0.368 e. The van der Waals surface area contributed by atoms with Crippen LogP contribution in [0.25, 0.3) is 11.1 Å². The summed E-state index contributed by atoms with van der Waals surface area (Å²) in [5.74, 6) is -0.346. The van der Waals surface area contributed by atoms with E-state index in [4.69, 9.17) is 5.73 Å². The Hall–Kier alpha value is -2.63. The second-order valence-electron chi connectivity index (χ2n) is 6.57. The molecule has 2 heterocycles. The van der Waals surface area contributed by atoms with E-state index in [2.05, 4.69) is 5.10 Å². The summed E-state index contributed by atoms with van der Waals surface area (Å²) in [4.78, 5) is 26.0. The quantitative estimate of drug-likeness (QED) is 0.929. The Kier molecular flexibility index (Phi) is 5.16. The minimum atomic E-state index is -0.504. The summed E-state index contributed by atoms with van der Waals surface area (Å²) in [5, 5.41) is 4.21. The van der Waals surface area contributed by atoms with Crippen molar-refractivity contribution in [3.05, 3.63) is 42.2 Å². The van der Waals surface area contributed by atoms with Gasteiger partial charge in [0.25, 0.3) is 5.91 Å². The van der Waals surface area contributed by atoms with Gasteiger partial charge in [-0.25, -0.2) is 0 Å². The fourth-order valence-electron chi connectivity index (χ4n) is 3.12. The molecule has 0 saturated carbocycles. The molecular formula is C19H24N4O2. The van der Waals surface area contributed by atoms with E-state index >= 15 is 0 Å². The number of carbonyl (C=O) groups is 2. The van der Waals surface area contributed by atoms with Gasteiger partial charge < -0.3 is 10.6 Å². The standard InChI is InChI=1S/C19H24N4O2/c1-14(18(20)24)23-13-17(12-21-23)15-7-6-8-16(11-15)19(25)22-9-4-2-3-5-10-22/h6-8,11-14H,2-5,9-10H2,1H3,(H2,20,24)/t14-/m1/s1. The summed E-state index contributed by atoms with van der Waals surface area (Å²) in [6.45, 7) is 3.37. The predicted octanol–water partition coefficient (Wildman–Crippen LogP) is 2.61. The van der Waals surface area contributed by atoms with Crippen molar-refractivity contribution in [3.8, 4) is 11.1 Å². The fourth-order valence-corrected chi connectivity index (χ4v) is 3.12. The highest BCUT2D eigenvalue weighted by Gasteiger charge is 2.18. The highest BCUT2D eigenvalue weighted by atomic mass is 16.2. The number of amides is 2. The van der Waals surface area contributed by atoms with Crippen molar-refractivity contribution in [2.75, 3.05) is 13.1 Å². The third-order valence-corrected chi connectivity index (χ3v) is 4.75. The molecule has 2 N–H and O–H groups in total. The monoisotopic (exact) mass is 340 g/mol. The number of benzene rings is 1. The molecule has 2 aromatic rings. The van der Waals surface area contributed by atoms with E-state index < -0.39 is 11.9 Å². The number of nitrogens with two attached hydrogens (primary N) is 1. The second kappa shape index (κ2) is 7.51. The van der Waals surface area contributed by atoms with Gasteiger partial charge in [-0.05, 0) is 37.5 Å². The lowest BCUT2D eigenvalue weighted by molar-refractivity contribution is -0.120. The van der Waals surface area contributed by atoms with Crippen LogP contribution >= 0.6 is 0 Å². The molecule has 1 aliphatic heterocycles. The van der Waals surface area contributed by atoms with Gasteiger partial charge in [-0.1, -0.05) is 25.0 Å². The van der Waals surface area contributed by atoms with Gasteiger partial charge in [-0.15, -0.1) is 0 Å². The van der Waals surface area contributed by atoms with E-state index in [1.165, 1.54) is 12.8 Å². The summed E-state index contributed by atoms with van der Waals surface area (Å²) in [6, 6.07) is 7.07. The molecule has 6 heteroatoms. The van der Waals surface area contributed by atoms with E-state index in [1.807, 2.05) is 29.2 Å². The maximum Gasteiger partial charge on any atom is 0.253 e. The molecule has 1 aliphatic rings. The highest BCUT2D eigenvalue weighted by molar-refractivity contribution is 5.95. The van der Waals surface area contributed by atoms with E-state index in [1.54, 1.807) is 24.0 Å². The molecule has 0 aliphatic carbocycles. The first-order valence-electron chi connectivity index (χ1n) is 8.79. The molecule has 0 radical (unpaired) electrons. The van der Waals surface area contributed by atoms with Crippen molar-refractivity contribution in [3.63, 3.8) is 0 Å². The van der Waals surface area contributed by atoms with Crippen LogP contribution in [0.3, 0.4) is 0 Å². The molecule has 1 saturated heterocycles. The van der Waals surface area contributed by atoms with Crippen molar-refractivity contribution in [1.82, 2.24) is 14.7 Å². The Morgan fingerprint density at radius 1 is 1.12 bits per heavy atom. The number of rotatable bonds is 4. The zero-order valence-corrected chi connectivity index (χ0v) is 14.5. The van der Waals surface area contributed by atoms with Gasteiger partial charge in [0.05, 0.1) is 6.20 Å². The van der Waals surface area contributed by atoms with Crippen LogP contribution < -0.4 is 5.73 Å². The summed E-state index contributed by atoms with van der Waals surface area (Å²) < 4.78 is 1.54. The number of primary amides is 1.